The van der Waals surface area contributed by atoms with Crippen molar-refractivity contribution in [3.8, 4) is 5.75 Å². The number of benzene rings is 1. The first-order valence-electron chi connectivity index (χ1n) is 6.02. The molecule has 1 heterocycles. The van der Waals surface area contributed by atoms with Crippen LogP contribution >= 0.6 is 0 Å². The third kappa shape index (κ3) is 3.10. The van der Waals surface area contributed by atoms with Crippen LogP contribution in [0, 0.1) is 0 Å². The van der Waals surface area contributed by atoms with Gasteiger partial charge >= 0.3 is 5.97 Å². The Kier molecular flexibility index (Phi) is 4.13. The molecule has 1 aromatic carbocycles. The summed E-state index contributed by atoms with van der Waals surface area (Å²) in [5, 5.41) is 0.943. The minimum Gasteiger partial charge on any atom is -0.496 e. The monoisotopic (exact) mass is 257 g/mol. The fraction of sp³-hybridized carbons (Fsp3) is 0.200. The molecule has 0 amide bonds. The quantitative estimate of drug-likeness (QED) is 0.624. The molecule has 4 heteroatoms. The van der Waals surface area contributed by atoms with Crippen molar-refractivity contribution in [1.29, 1.82) is 0 Å². The molecule has 19 heavy (non-hydrogen) atoms. The molecule has 0 spiro atoms. The Hall–Kier alpha value is -2.36. The van der Waals surface area contributed by atoms with Crippen LogP contribution < -0.4 is 4.74 Å². The number of pyridine rings is 1. The largest absolute Gasteiger partial charge is 0.496 e. The molecule has 0 aliphatic heterocycles. The highest BCUT2D eigenvalue weighted by Gasteiger charge is 2.02. The fourth-order valence-corrected chi connectivity index (χ4v) is 1.78. The zero-order chi connectivity index (χ0) is 13.7. The number of rotatable bonds is 4. The maximum Gasteiger partial charge on any atom is 0.330 e. The van der Waals surface area contributed by atoms with Gasteiger partial charge in [-0.3, -0.25) is 4.98 Å². The van der Waals surface area contributed by atoms with Crippen LogP contribution in [-0.2, 0) is 9.53 Å². The van der Waals surface area contributed by atoms with Crippen molar-refractivity contribution in [2.45, 2.75) is 6.92 Å². The van der Waals surface area contributed by atoms with Crippen LogP contribution in [0.15, 0.2) is 36.5 Å². The number of aromatic nitrogens is 1. The first-order valence-corrected chi connectivity index (χ1v) is 6.02. The zero-order valence-corrected chi connectivity index (χ0v) is 10.9. The minimum atomic E-state index is -0.346. The highest BCUT2D eigenvalue weighted by atomic mass is 16.5. The number of fused-ring (bicyclic) bond motifs is 1. The van der Waals surface area contributed by atoms with Gasteiger partial charge in [0.1, 0.15) is 5.75 Å². The molecule has 0 atom stereocenters. The molecular weight excluding hydrogens is 242 g/mol. The molecule has 2 aromatic rings. The maximum atomic E-state index is 11.2. The van der Waals surface area contributed by atoms with Crippen molar-refractivity contribution in [2.24, 2.45) is 0 Å². The van der Waals surface area contributed by atoms with Crippen LogP contribution in [0.2, 0.25) is 0 Å². The van der Waals surface area contributed by atoms with E-state index in [1.807, 2.05) is 24.3 Å². The summed E-state index contributed by atoms with van der Waals surface area (Å²) >= 11 is 0. The first-order chi connectivity index (χ1) is 9.24. The molecule has 0 N–H and O–H groups in total. The topological polar surface area (TPSA) is 48.4 Å². The van der Waals surface area contributed by atoms with Gasteiger partial charge in [-0.05, 0) is 36.8 Å². The molecule has 2 rings (SSSR count). The highest BCUT2D eigenvalue weighted by Crippen LogP contribution is 2.24. The van der Waals surface area contributed by atoms with Gasteiger partial charge in [0, 0.05) is 17.7 Å². The number of ether oxygens (including phenoxy) is 2. The SMILES string of the molecule is CCOC(=O)/C=C/c1ccc2c(OC)ccnc2c1. The van der Waals surface area contributed by atoms with E-state index in [1.54, 1.807) is 26.3 Å². The number of hydrogen-bond donors (Lipinski definition) is 0. The summed E-state index contributed by atoms with van der Waals surface area (Å²) < 4.78 is 10.1. The molecule has 98 valence electrons. The Labute approximate surface area is 111 Å². The summed E-state index contributed by atoms with van der Waals surface area (Å²) in [4.78, 5) is 15.5. The molecule has 1 aromatic heterocycles. The second-order valence-electron chi connectivity index (χ2n) is 3.88. The summed E-state index contributed by atoms with van der Waals surface area (Å²) in [5.74, 6) is 0.437. The third-order valence-electron chi connectivity index (χ3n) is 2.65. The Morgan fingerprint density at radius 1 is 1.37 bits per heavy atom. The maximum absolute atomic E-state index is 11.2. The van der Waals surface area contributed by atoms with E-state index in [0.717, 1.165) is 22.2 Å². The summed E-state index contributed by atoms with van der Waals surface area (Å²) in [6.45, 7) is 2.15. The third-order valence-corrected chi connectivity index (χ3v) is 2.65. The molecular formula is C15H15NO3. The van der Waals surface area contributed by atoms with Crippen molar-refractivity contribution in [3.63, 3.8) is 0 Å². The average molecular weight is 257 g/mol. The lowest BCUT2D eigenvalue weighted by atomic mass is 10.1. The van der Waals surface area contributed by atoms with Crippen molar-refractivity contribution >= 4 is 22.9 Å². The molecule has 0 saturated heterocycles. The van der Waals surface area contributed by atoms with Gasteiger partial charge < -0.3 is 9.47 Å². The number of hydrogen-bond acceptors (Lipinski definition) is 4. The highest BCUT2D eigenvalue weighted by molar-refractivity contribution is 5.90. The number of carbonyl (C=O) groups excluding carboxylic acids is 1. The minimum absolute atomic E-state index is 0.346. The van der Waals surface area contributed by atoms with Crippen LogP contribution in [0.1, 0.15) is 12.5 Å². The second kappa shape index (κ2) is 6.00. The van der Waals surface area contributed by atoms with Gasteiger partial charge in [0.2, 0.25) is 0 Å². The van der Waals surface area contributed by atoms with Gasteiger partial charge in [0.05, 0.1) is 19.2 Å². The lowest BCUT2D eigenvalue weighted by Crippen LogP contribution is -1.98. The number of esters is 1. The molecule has 0 radical (unpaired) electrons. The van der Waals surface area contributed by atoms with Gasteiger partial charge in [-0.15, -0.1) is 0 Å². The Morgan fingerprint density at radius 3 is 2.95 bits per heavy atom. The van der Waals surface area contributed by atoms with Crippen molar-refractivity contribution in [1.82, 2.24) is 4.98 Å². The molecule has 0 fully saturated rings. The van der Waals surface area contributed by atoms with Crippen LogP contribution in [0.4, 0.5) is 0 Å². The lowest BCUT2D eigenvalue weighted by Gasteiger charge is -2.04. The number of nitrogens with zero attached hydrogens (tertiary/aromatic N) is 1. The van der Waals surface area contributed by atoms with E-state index in [9.17, 15) is 4.79 Å². The van der Waals surface area contributed by atoms with Gasteiger partial charge in [0.25, 0.3) is 0 Å². The molecule has 0 aliphatic rings. The molecule has 0 saturated carbocycles. The molecule has 0 bridgehead atoms. The van der Waals surface area contributed by atoms with Crippen LogP contribution in [0.25, 0.3) is 17.0 Å². The molecule has 4 nitrogen and oxygen atoms in total. The van der Waals surface area contributed by atoms with E-state index < -0.39 is 0 Å². The normalized spacial score (nSPS) is 10.8. The zero-order valence-electron chi connectivity index (χ0n) is 10.9. The van der Waals surface area contributed by atoms with Crippen LogP contribution in [0.5, 0.6) is 5.75 Å². The van der Waals surface area contributed by atoms with Crippen molar-refractivity contribution in [2.75, 3.05) is 13.7 Å². The van der Waals surface area contributed by atoms with E-state index in [-0.39, 0.29) is 5.97 Å². The van der Waals surface area contributed by atoms with E-state index in [2.05, 4.69) is 4.98 Å². The predicted octanol–water partition coefficient (Wildman–Crippen LogP) is 2.82. The Bertz CT molecular complexity index is 620. The average Bonchev–Trinajstić information content (AvgIpc) is 2.44. The number of methoxy groups -OCH3 is 1. The van der Waals surface area contributed by atoms with Gasteiger partial charge in [0.15, 0.2) is 0 Å². The van der Waals surface area contributed by atoms with E-state index in [1.165, 1.54) is 6.08 Å². The number of carbonyl (C=O) groups is 1. The molecule has 0 aliphatic carbocycles. The van der Waals surface area contributed by atoms with E-state index in [4.69, 9.17) is 9.47 Å². The summed E-state index contributed by atoms with van der Waals surface area (Å²) in [7, 11) is 1.63. The smallest absolute Gasteiger partial charge is 0.330 e. The van der Waals surface area contributed by atoms with Crippen molar-refractivity contribution < 1.29 is 14.3 Å². The van der Waals surface area contributed by atoms with Crippen molar-refractivity contribution in [3.05, 3.63) is 42.1 Å². The summed E-state index contributed by atoms with van der Waals surface area (Å²) in [6, 6.07) is 7.54. The lowest BCUT2D eigenvalue weighted by molar-refractivity contribution is -0.137. The Morgan fingerprint density at radius 2 is 2.21 bits per heavy atom. The van der Waals surface area contributed by atoms with Crippen LogP contribution in [-0.4, -0.2) is 24.7 Å². The van der Waals surface area contributed by atoms with E-state index in [0.29, 0.717) is 6.61 Å². The predicted molar refractivity (Wildman–Crippen MR) is 74.0 cm³/mol. The molecule has 0 unspecified atom stereocenters. The fourth-order valence-electron chi connectivity index (χ4n) is 1.78. The van der Waals surface area contributed by atoms with Gasteiger partial charge in [-0.2, -0.15) is 0 Å². The van der Waals surface area contributed by atoms with Gasteiger partial charge in [-0.25, -0.2) is 4.79 Å². The second-order valence-corrected chi connectivity index (χ2v) is 3.88. The van der Waals surface area contributed by atoms with Crippen LogP contribution in [0.3, 0.4) is 0 Å². The Balaban J connectivity index is 2.30. The summed E-state index contributed by atoms with van der Waals surface area (Å²) in [6.07, 6.45) is 4.81. The van der Waals surface area contributed by atoms with E-state index >= 15 is 0 Å². The standard InChI is InChI=1S/C15H15NO3/c1-3-19-15(17)7-5-11-4-6-12-13(10-11)16-9-8-14(12)18-2/h4-10H,3H2,1-2H3/b7-5+. The first kappa shape index (κ1) is 13.1. The van der Waals surface area contributed by atoms with Gasteiger partial charge in [-0.1, -0.05) is 6.07 Å². The summed E-state index contributed by atoms with van der Waals surface area (Å²) in [5.41, 5.74) is 1.71.